The van der Waals surface area contributed by atoms with Gasteiger partial charge in [-0.3, -0.25) is 0 Å². The Hall–Kier alpha value is -1.05. The second kappa shape index (κ2) is 7.31. The predicted molar refractivity (Wildman–Crippen MR) is 72.2 cm³/mol. The van der Waals surface area contributed by atoms with E-state index in [2.05, 4.69) is 29.8 Å². The summed E-state index contributed by atoms with van der Waals surface area (Å²) in [6.07, 6.45) is 0. The number of pyridine rings is 1. The van der Waals surface area contributed by atoms with Gasteiger partial charge in [0.05, 0.1) is 16.7 Å². The van der Waals surface area contributed by atoms with Gasteiger partial charge in [-0.05, 0) is 32.1 Å². The standard InChI is InChI=1S/C13H19N3S/c1-4-16(5-2)6-7-17-13-9-12(10-14)8-11(3)15-13/h8-9H,4-7H2,1-3H3. The average molecular weight is 249 g/mol. The zero-order valence-electron chi connectivity index (χ0n) is 10.7. The number of rotatable bonds is 6. The van der Waals surface area contributed by atoms with Gasteiger partial charge < -0.3 is 4.90 Å². The van der Waals surface area contributed by atoms with Gasteiger partial charge in [0.15, 0.2) is 0 Å². The molecule has 17 heavy (non-hydrogen) atoms. The molecule has 0 radical (unpaired) electrons. The Balaban J connectivity index is 2.52. The lowest BCUT2D eigenvalue weighted by molar-refractivity contribution is 0.324. The Morgan fingerprint density at radius 2 is 2.06 bits per heavy atom. The Bertz CT molecular complexity index is 394. The number of nitriles is 1. The molecule has 1 aromatic heterocycles. The predicted octanol–water partition coefficient (Wildman–Crippen LogP) is 2.70. The van der Waals surface area contributed by atoms with E-state index in [-0.39, 0.29) is 0 Å². The first-order chi connectivity index (χ1) is 8.19. The summed E-state index contributed by atoms with van der Waals surface area (Å²) in [4.78, 5) is 6.81. The first-order valence-corrected chi connectivity index (χ1v) is 6.92. The zero-order valence-corrected chi connectivity index (χ0v) is 11.5. The van der Waals surface area contributed by atoms with Gasteiger partial charge in [0.2, 0.25) is 0 Å². The van der Waals surface area contributed by atoms with Gasteiger partial charge in [-0.25, -0.2) is 4.98 Å². The monoisotopic (exact) mass is 249 g/mol. The minimum Gasteiger partial charge on any atom is -0.303 e. The molecule has 1 aromatic rings. The highest BCUT2D eigenvalue weighted by Gasteiger charge is 2.03. The number of hydrogen-bond acceptors (Lipinski definition) is 4. The van der Waals surface area contributed by atoms with Gasteiger partial charge in [-0.15, -0.1) is 11.8 Å². The van der Waals surface area contributed by atoms with Crippen molar-refractivity contribution < 1.29 is 0 Å². The van der Waals surface area contributed by atoms with E-state index in [4.69, 9.17) is 5.26 Å². The highest BCUT2D eigenvalue weighted by Crippen LogP contribution is 2.17. The molecule has 0 saturated heterocycles. The number of aromatic nitrogens is 1. The van der Waals surface area contributed by atoms with Gasteiger partial charge in [-0.2, -0.15) is 5.26 Å². The lowest BCUT2D eigenvalue weighted by Gasteiger charge is -2.17. The smallest absolute Gasteiger partial charge is 0.0993 e. The molecule has 0 aliphatic rings. The summed E-state index contributed by atoms with van der Waals surface area (Å²) in [5, 5.41) is 9.83. The maximum absolute atomic E-state index is 8.88. The van der Waals surface area contributed by atoms with Crippen molar-refractivity contribution in [1.82, 2.24) is 9.88 Å². The first kappa shape index (κ1) is 14.0. The second-order valence-corrected chi connectivity index (χ2v) is 4.94. The van der Waals surface area contributed by atoms with Crippen LogP contribution in [-0.4, -0.2) is 35.3 Å². The molecule has 0 fully saturated rings. The number of aryl methyl sites for hydroxylation is 1. The Labute approximate surface area is 108 Å². The molecule has 0 aliphatic carbocycles. The van der Waals surface area contributed by atoms with Gasteiger partial charge in [0, 0.05) is 18.0 Å². The molecule has 92 valence electrons. The number of hydrogen-bond donors (Lipinski definition) is 0. The SMILES string of the molecule is CCN(CC)CCSc1cc(C#N)cc(C)n1. The van der Waals surface area contributed by atoms with Gasteiger partial charge in [0.25, 0.3) is 0 Å². The van der Waals surface area contributed by atoms with Crippen LogP contribution in [0.25, 0.3) is 0 Å². The van der Waals surface area contributed by atoms with Crippen LogP contribution in [0.1, 0.15) is 25.1 Å². The van der Waals surface area contributed by atoms with Gasteiger partial charge in [-0.1, -0.05) is 13.8 Å². The Morgan fingerprint density at radius 3 is 2.65 bits per heavy atom. The lowest BCUT2D eigenvalue weighted by Crippen LogP contribution is -2.25. The van der Waals surface area contributed by atoms with E-state index >= 15 is 0 Å². The molecule has 0 atom stereocenters. The van der Waals surface area contributed by atoms with E-state index < -0.39 is 0 Å². The summed E-state index contributed by atoms with van der Waals surface area (Å²) < 4.78 is 0. The van der Waals surface area contributed by atoms with Crippen LogP contribution in [0.5, 0.6) is 0 Å². The maximum Gasteiger partial charge on any atom is 0.0993 e. The maximum atomic E-state index is 8.88. The third-order valence-electron chi connectivity index (χ3n) is 2.61. The molecule has 0 unspecified atom stereocenters. The van der Waals surface area contributed by atoms with Crippen molar-refractivity contribution >= 4 is 11.8 Å². The lowest BCUT2D eigenvalue weighted by atomic mass is 10.2. The van der Waals surface area contributed by atoms with Crippen LogP contribution in [-0.2, 0) is 0 Å². The van der Waals surface area contributed by atoms with Crippen molar-refractivity contribution in [1.29, 1.82) is 5.26 Å². The summed E-state index contributed by atoms with van der Waals surface area (Å²) in [6.45, 7) is 9.51. The molecular formula is C13H19N3S. The topological polar surface area (TPSA) is 39.9 Å². The summed E-state index contributed by atoms with van der Waals surface area (Å²) in [5.41, 5.74) is 1.61. The largest absolute Gasteiger partial charge is 0.303 e. The molecule has 4 heteroatoms. The van der Waals surface area contributed by atoms with Crippen LogP contribution in [0, 0.1) is 18.3 Å². The van der Waals surface area contributed by atoms with E-state index in [0.717, 1.165) is 36.1 Å². The molecule has 0 spiro atoms. The van der Waals surface area contributed by atoms with E-state index in [1.165, 1.54) is 0 Å². The third-order valence-corrected chi connectivity index (χ3v) is 3.50. The highest BCUT2D eigenvalue weighted by atomic mass is 32.2. The molecule has 1 heterocycles. The van der Waals surface area contributed by atoms with Crippen LogP contribution in [0.2, 0.25) is 0 Å². The molecule has 1 rings (SSSR count). The molecule has 0 aliphatic heterocycles. The van der Waals surface area contributed by atoms with Crippen LogP contribution >= 0.6 is 11.8 Å². The molecule has 3 nitrogen and oxygen atoms in total. The summed E-state index contributed by atoms with van der Waals surface area (Å²) >= 11 is 1.72. The average Bonchev–Trinajstić information content (AvgIpc) is 2.34. The third kappa shape index (κ3) is 4.76. The Kier molecular flexibility index (Phi) is 6.03. The fraction of sp³-hybridized carbons (Fsp3) is 0.538. The number of nitrogens with zero attached hydrogens (tertiary/aromatic N) is 3. The normalized spacial score (nSPS) is 10.5. The zero-order chi connectivity index (χ0) is 12.7. The highest BCUT2D eigenvalue weighted by molar-refractivity contribution is 7.99. The van der Waals surface area contributed by atoms with Gasteiger partial charge in [0.1, 0.15) is 0 Å². The van der Waals surface area contributed by atoms with Crippen molar-refractivity contribution in [2.45, 2.75) is 25.8 Å². The fourth-order valence-corrected chi connectivity index (χ4v) is 2.57. The van der Waals surface area contributed by atoms with Crippen LogP contribution in [0.4, 0.5) is 0 Å². The molecule has 0 aromatic carbocycles. The molecule has 0 bridgehead atoms. The van der Waals surface area contributed by atoms with Crippen LogP contribution in [0.3, 0.4) is 0 Å². The second-order valence-electron chi connectivity index (χ2n) is 3.82. The summed E-state index contributed by atoms with van der Waals surface area (Å²) in [6, 6.07) is 5.84. The fourth-order valence-electron chi connectivity index (χ4n) is 1.60. The molecule has 0 saturated carbocycles. The Morgan fingerprint density at radius 1 is 1.35 bits per heavy atom. The number of thioether (sulfide) groups is 1. The van der Waals surface area contributed by atoms with Crippen molar-refractivity contribution in [3.63, 3.8) is 0 Å². The minimum absolute atomic E-state index is 0.697. The molecule has 0 amide bonds. The van der Waals surface area contributed by atoms with Gasteiger partial charge >= 0.3 is 0 Å². The van der Waals surface area contributed by atoms with Crippen LogP contribution < -0.4 is 0 Å². The van der Waals surface area contributed by atoms with E-state index in [1.807, 2.05) is 19.1 Å². The molecule has 0 N–H and O–H groups in total. The van der Waals surface area contributed by atoms with Crippen molar-refractivity contribution in [2.24, 2.45) is 0 Å². The van der Waals surface area contributed by atoms with Crippen molar-refractivity contribution in [2.75, 3.05) is 25.4 Å². The van der Waals surface area contributed by atoms with Crippen LogP contribution in [0.15, 0.2) is 17.2 Å². The van der Waals surface area contributed by atoms with Crippen molar-refractivity contribution in [3.8, 4) is 6.07 Å². The minimum atomic E-state index is 0.697. The first-order valence-electron chi connectivity index (χ1n) is 5.93. The van der Waals surface area contributed by atoms with E-state index in [9.17, 15) is 0 Å². The summed E-state index contributed by atoms with van der Waals surface area (Å²) in [5.74, 6) is 1.02. The molecular weight excluding hydrogens is 230 g/mol. The van der Waals surface area contributed by atoms with E-state index in [0.29, 0.717) is 5.56 Å². The van der Waals surface area contributed by atoms with Crippen molar-refractivity contribution in [3.05, 3.63) is 23.4 Å². The quantitative estimate of drug-likeness (QED) is 0.727. The summed E-state index contributed by atoms with van der Waals surface area (Å²) in [7, 11) is 0. The van der Waals surface area contributed by atoms with E-state index in [1.54, 1.807) is 11.8 Å².